The third kappa shape index (κ3) is 2.72. The molecule has 0 unspecified atom stereocenters. The number of hydrogen-bond donors (Lipinski definition) is 0. The zero-order valence-electron chi connectivity index (χ0n) is 13.0. The van der Waals surface area contributed by atoms with E-state index in [0.717, 1.165) is 35.6 Å². The van der Waals surface area contributed by atoms with Crippen molar-refractivity contribution in [2.24, 2.45) is 7.05 Å². The number of rotatable bonds is 2. The minimum Gasteiger partial charge on any atom is -0.479 e. The van der Waals surface area contributed by atoms with Gasteiger partial charge >= 0.3 is 0 Å². The van der Waals surface area contributed by atoms with Gasteiger partial charge in [0.15, 0.2) is 6.10 Å². The molecule has 1 fully saturated rings. The van der Waals surface area contributed by atoms with Crippen LogP contribution in [0.2, 0.25) is 0 Å². The van der Waals surface area contributed by atoms with E-state index in [0.29, 0.717) is 5.75 Å². The number of fused-ring (bicyclic) bond motifs is 1. The lowest BCUT2D eigenvalue weighted by Gasteiger charge is -2.31. The van der Waals surface area contributed by atoms with Crippen LogP contribution in [0.1, 0.15) is 24.4 Å². The topological polar surface area (TPSA) is 47.4 Å². The van der Waals surface area contributed by atoms with Crippen molar-refractivity contribution in [3.63, 3.8) is 0 Å². The summed E-state index contributed by atoms with van der Waals surface area (Å²) in [4.78, 5) is 16.0. The first kappa shape index (κ1) is 14.6. The molecule has 1 saturated heterocycles. The van der Waals surface area contributed by atoms with Crippen LogP contribution in [0.15, 0.2) is 41.6 Å². The highest BCUT2D eigenvalue weighted by atomic mass is 32.2. The Bertz CT molecular complexity index is 730. The number of amides is 1. The van der Waals surface area contributed by atoms with Crippen molar-refractivity contribution in [3.8, 4) is 5.75 Å². The Labute approximate surface area is 139 Å². The predicted octanol–water partition coefficient (Wildman–Crippen LogP) is 2.64. The lowest BCUT2D eigenvalue weighted by molar-refractivity contribution is -0.138. The number of aryl methyl sites for hydroxylation is 1. The van der Waals surface area contributed by atoms with Crippen molar-refractivity contribution in [1.29, 1.82) is 0 Å². The fourth-order valence-electron chi connectivity index (χ4n) is 3.32. The van der Waals surface area contributed by atoms with Gasteiger partial charge in [0, 0.05) is 36.0 Å². The molecule has 0 aliphatic carbocycles. The van der Waals surface area contributed by atoms with Crippen molar-refractivity contribution in [2.75, 3.05) is 12.3 Å². The molecule has 0 bridgehead atoms. The summed E-state index contributed by atoms with van der Waals surface area (Å²) in [6, 6.07) is 8.04. The molecule has 3 heterocycles. The maximum Gasteiger partial charge on any atom is 0.265 e. The first-order valence-corrected chi connectivity index (χ1v) is 8.88. The fraction of sp³-hybridized carbons (Fsp3) is 0.412. The molecule has 1 aromatic carbocycles. The maximum absolute atomic E-state index is 13.0. The lowest BCUT2D eigenvalue weighted by Crippen LogP contribution is -2.43. The van der Waals surface area contributed by atoms with Gasteiger partial charge in [-0.1, -0.05) is 12.1 Å². The van der Waals surface area contributed by atoms with Crippen molar-refractivity contribution in [1.82, 2.24) is 14.7 Å². The zero-order chi connectivity index (χ0) is 15.8. The molecule has 23 heavy (non-hydrogen) atoms. The first-order chi connectivity index (χ1) is 11.2. The molecule has 2 atom stereocenters. The van der Waals surface area contributed by atoms with E-state index >= 15 is 0 Å². The second-order valence-corrected chi connectivity index (χ2v) is 7.06. The average Bonchev–Trinajstić information content (AvgIpc) is 3.22. The summed E-state index contributed by atoms with van der Waals surface area (Å²) in [5.41, 5.74) is 1.11. The molecule has 0 radical (unpaired) electrons. The Morgan fingerprint density at radius 3 is 3.09 bits per heavy atom. The first-order valence-electron chi connectivity index (χ1n) is 7.90. The van der Waals surface area contributed by atoms with E-state index in [4.69, 9.17) is 4.74 Å². The van der Waals surface area contributed by atoms with Gasteiger partial charge in [-0.25, -0.2) is 0 Å². The van der Waals surface area contributed by atoms with Gasteiger partial charge in [0.05, 0.1) is 12.2 Å². The van der Waals surface area contributed by atoms with Crippen molar-refractivity contribution in [2.45, 2.75) is 29.9 Å². The molecule has 6 heteroatoms. The Kier molecular flexibility index (Phi) is 3.77. The van der Waals surface area contributed by atoms with Gasteiger partial charge in [-0.3, -0.25) is 9.48 Å². The Balaban J connectivity index is 1.52. The van der Waals surface area contributed by atoms with Crippen LogP contribution in [0, 0.1) is 0 Å². The van der Waals surface area contributed by atoms with E-state index in [1.807, 2.05) is 48.6 Å². The normalized spacial score (nSPS) is 23.4. The standard InChI is InChI=1S/C17H19N3O2S/c1-19-10-12(9-18-19)13-5-4-8-20(13)17(21)15-11-23-16-7-3-2-6-14(16)22-15/h2-3,6-7,9-10,13,15H,4-5,8,11H2,1H3/t13-,15+/m0/s1. The number of ether oxygens (including phenoxy) is 1. The summed E-state index contributed by atoms with van der Waals surface area (Å²) in [6.07, 6.45) is 5.49. The van der Waals surface area contributed by atoms with Crippen LogP contribution < -0.4 is 4.74 Å². The molecule has 0 saturated carbocycles. The molecular formula is C17H19N3O2S. The number of carbonyl (C=O) groups excluding carboxylic acids is 1. The highest BCUT2D eigenvalue weighted by Gasteiger charge is 2.37. The number of benzene rings is 1. The van der Waals surface area contributed by atoms with Crippen LogP contribution >= 0.6 is 11.8 Å². The summed E-state index contributed by atoms with van der Waals surface area (Å²) < 4.78 is 7.75. The summed E-state index contributed by atoms with van der Waals surface area (Å²) in [5, 5.41) is 4.24. The monoisotopic (exact) mass is 329 g/mol. The molecule has 1 amide bonds. The Morgan fingerprint density at radius 2 is 2.26 bits per heavy atom. The minimum absolute atomic E-state index is 0.0957. The number of aromatic nitrogens is 2. The smallest absolute Gasteiger partial charge is 0.265 e. The quantitative estimate of drug-likeness (QED) is 0.850. The van der Waals surface area contributed by atoms with E-state index in [9.17, 15) is 4.79 Å². The highest BCUT2D eigenvalue weighted by Crippen LogP contribution is 2.37. The largest absolute Gasteiger partial charge is 0.479 e. The summed E-state index contributed by atoms with van der Waals surface area (Å²) in [6.45, 7) is 0.796. The Hall–Kier alpha value is -1.95. The molecule has 0 spiro atoms. The van der Waals surface area contributed by atoms with Crippen molar-refractivity contribution >= 4 is 17.7 Å². The zero-order valence-corrected chi connectivity index (χ0v) is 13.8. The number of nitrogens with zero attached hydrogens (tertiary/aromatic N) is 3. The number of likely N-dealkylation sites (tertiary alicyclic amines) is 1. The van der Waals surface area contributed by atoms with E-state index in [-0.39, 0.29) is 11.9 Å². The van der Waals surface area contributed by atoms with Crippen LogP contribution in [0.5, 0.6) is 5.75 Å². The summed E-state index contributed by atoms with van der Waals surface area (Å²) >= 11 is 1.70. The van der Waals surface area contributed by atoms with Crippen LogP contribution in [0.3, 0.4) is 0 Å². The van der Waals surface area contributed by atoms with E-state index < -0.39 is 6.10 Å². The van der Waals surface area contributed by atoms with E-state index in [1.54, 1.807) is 16.4 Å². The molecule has 0 N–H and O–H groups in total. The van der Waals surface area contributed by atoms with Crippen molar-refractivity contribution < 1.29 is 9.53 Å². The maximum atomic E-state index is 13.0. The summed E-state index contributed by atoms with van der Waals surface area (Å²) in [5.74, 6) is 1.59. The number of hydrogen-bond acceptors (Lipinski definition) is 4. The molecule has 2 aromatic rings. The van der Waals surface area contributed by atoms with Crippen LogP contribution in [-0.2, 0) is 11.8 Å². The van der Waals surface area contributed by atoms with Gasteiger partial charge in [-0.15, -0.1) is 11.8 Å². The number of para-hydroxylation sites is 1. The molecule has 5 nitrogen and oxygen atoms in total. The second-order valence-electron chi connectivity index (χ2n) is 6.00. The van der Waals surface area contributed by atoms with Crippen molar-refractivity contribution in [3.05, 3.63) is 42.2 Å². The SMILES string of the molecule is Cn1cc([C@@H]2CCCN2C(=O)[C@H]2CSc3ccccc3O2)cn1. The number of thioether (sulfide) groups is 1. The van der Waals surface area contributed by atoms with E-state index in [2.05, 4.69) is 5.10 Å². The summed E-state index contributed by atoms with van der Waals surface area (Å²) in [7, 11) is 1.91. The molecular weight excluding hydrogens is 310 g/mol. The van der Waals surface area contributed by atoms with E-state index in [1.165, 1.54) is 0 Å². The predicted molar refractivity (Wildman–Crippen MR) is 88.5 cm³/mol. The third-order valence-corrected chi connectivity index (χ3v) is 5.55. The lowest BCUT2D eigenvalue weighted by atomic mass is 10.1. The molecule has 120 valence electrons. The van der Waals surface area contributed by atoms with Gasteiger partial charge in [0.1, 0.15) is 5.75 Å². The minimum atomic E-state index is -0.396. The van der Waals surface area contributed by atoms with Crippen LogP contribution in [0.25, 0.3) is 0 Å². The average molecular weight is 329 g/mol. The van der Waals surface area contributed by atoms with Gasteiger partial charge in [-0.2, -0.15) is 5.10 Å². The molecule has 2 aliphatic heterocycles. The van der Waals surface area contributed by atoms with Gasteiger partial charge in [0.2, 0.25) is 0 Å². The third-order valence-electron chi connectivity index (χ3n) is 4.43. The molecule has 1 aromatic heterocycles. The number of carbonyl (C=O) groups is 1. The van der Waals surface area contributed by atoms with Gasteiger partial charge in [0.25, 0.3) is 5.91 Å². The van der Waals surface area contributed by atoms with Crippen LogP contribution in [-0.4, -0.2) is 39.0 Å². The molecule has 2 aliphatic rings. The fourth-order valence-corrected chi connectivity index (χ4v) is 4.29. The Morgan fingerprint density at radius 1 is 1.39 bits per heavy atom. The second kappa shape index (κ2) is 5.92. The molecule has 4 rings (SSSR count). The highest BCUT2D eigenvalue weighted by molar-refractivity contribution is 7.99. The van der Waals surface area contributed by atoms with Gasteiger partial charge in [-0.05, 0) is 25.0 Å². The van der Waals surface area contributed by atoms with Crippen LogP contribution in [0.4, 0.5) is 0 Å². The van der Waals surface area contributed by atoms with Gasteiger partial charge < -0.3 is 9.64 Å².